The van der Waals surface area contributed by atoms with Gasteiger partial charge in [0.15, 0.2) is 0 Å². The summed E-state index contributed by atoms with van der Waals surface area (Å²) in [6, 6.07) is -0.00712. The minimum atomic E-state index is -1.41. The highest BCUT2D eigenvalue weighted by molar-refractivity contribution is 5.87. The second-order valence-electron chi connectivity index (χ2n) is 8.96. The van der Waals surface area contributed by atoms with Crippen molar-refractivity contribution >= 4 is 5.91 Å². The SMILES string of the molecule is CC1=C/C=C\[C@H](O)C[C@@H](O)[C@H](O)[C@H](O)[C@H](C)\C=C/C=C\C=C/C(=O)N[C@@H](C)C/C=C\C=C/C(C)=C\1. The normalized spacial score (nSPS) is 39.0. The van der Waals surface area contributed by atoms with Crippen LogP contribution in [0.5, 0.6) is 0 Å². The van der Waals surface area contributed by atoms with Gasteiger partial charge in [0.05, 0.1) is 18.3 Å². The van der Waals surface area contributed by atoms with Gasteiger partial charge in [0.25, 0.3) is 0 Å². The highest BCUT2D eigenvalue weighted by atomic mass is 16.4. The molecule has 1 aliphatic heterocycles. The van der Waals surface area contributed by atoms with Crippen molar-refractivity contribution in [2.24, 2.45) is 5.92 Å². The summed E-state index contributed by atoms with van der Waals surface area (Å²) in [5.74, 6) is -0.624. The third kappa shape index (κ3) is 13.6. The molecule has 0 aliphatic carbocycles. The number of carbonyl (C=O) groups is 1. The van der Waals surface area contributed by atoms with Gasteiger partial charge in [-0.3, -0.25) is 4.79 Å². The summed E-state index contributed by atoms with van der Waals surface area (Å²) in [7, 11) is 0. The maximum Gasteiger partial charge on any atom is 0.244 e. The van der Waals surface area contributed by atoms with Crippen LogP contribution in [0.2, 0.25) is 0 Å². The molecule has 6 heteroatoms. The lowest BCUT2D eigenvalue weighted by atomic mass is 9.93. The quantitative estimate of drug-likeness (QED) is 0.362. The first kappa shape index (κ1) is 30.3. The average Bonchev–Trinajstić information content (AvgIpc) is 2.79. The van der Waals surface area contributed by atoms with Crippen molar-refractivity contribution in [3.8, 4) is 0 Å². The number of allylic oxidation sites excluding steroid dienone is 12. The molecule has 0 aromatic carbocycles. The van der Waals surface area contributed by atoms with Gasteiger partial charge in [-0.2, -0.15) is 0 Å². The molecular formula is C29H41NO5. The summed E-state index contributed by atoms with van der Waals surface area (Å²) in [4.78, 5) is 12.0. The molecule has 0 aromatic rings. The molecule has 6 nitrogen and oxygen atoms in total. The zero-order valence-electron chi connectivity index (χ0n) is 21.2. The molecule has 0 saturated carbocycles. The topological polar surface area (TPSA) is 110 Å². The minimum absolute atomic E-state index is 0.00712. The number of rotatable bonds is 0. The lowest BCUT2D eigenvalue weighted by Gasteiger charge is -2.26. The van der Waals surface area contributed by atoms with Crippen LogP contribution in [-0.2, 0) is 4.79 Å². The Morgan fingerprint density at radius 1 is 0.800 bits per heavy atom. The smallest absolute Gasteiger partial charge is 0.244 e. The molecule has 0 spiro atoms. The number of hydrogen-bond donors (Lipinski definition) is 5. The van der Waals surface area contributed by atoms with Gasteiger partial charge >= 0.3 is 0 Å². The molecule has 1 rings (SSSR count). The van der Waals surface area contributed by atoms with Crippen molar-refractivity contribution in [2.45, 2.75) is 71.0 Å². The molecule has 0 radical (unpaired) electrons. The summed E-state index contributed by atoms with van der Waals surface area (Å²) in [6.45, 7) is 7.58. The first-order chi connectivity index (χ1) is 16.6. The Hall–Kier alpha value is -2.77. The third-order valence-electron chi connectivity index (χ3n) is 5.39. The van der Waals surface area contributed by atoms with Gasteiger partial charge in [0, 0.05) is 24.5 Å². The fourth-order valence-corrected chi connectivity index (χ4v) is 3.34. The lowest BCUT2D eigenvalue weighted by molar-refractivity contribution is -0.117. The fraction of sp³-hybridized carbons (Fsp3) is 0.414. The largest absolute Gasteiger partial charge is 0.390 e. The summed E-state index contributed by atoms with van der Waals surface area (Å²) in [6.07, 6.45) is 20.5. The maximum atomic E-state index is 12.0. The van der Waals surface area contributed by atoms with Crippen LogP contribution in [0.4, 0.5) is 0 Å². The Kier molecular flexibility index (Phi) is 14.5. The van der Waals surface area contributed by atoms with Gasteiger partial charge in [-0.05, 0) is 27.2 Å². The second kappa shape index (κ2) is 16.8. The number of aliphatic hydroxyl groups excluding tert-OH is 4. The van der Waals surface area contributed by atoms with Gasteiger partial charge in [0.2, 0.25) is 5.91 Å². The van der Waals surface area contributed by atoms with Gasteiger partial charge in [-0.25, -0.2) is 0 Å². The van der Waals surface area contributed by atoms with Crippen LogP contribution in [-0.4, -0.2) is 56.8 Å². The number of aliphatic hydroxyl groups is 4. The number of amides is 1. The molecule has 6 atom stereocenters. The standard InChI is InChI=1S/C29H41NO5/c1-21-13-8-7-10-16-24(4)30-27(33)18-11-6-5-9-15-23(3)28(34)29(35)26(32)20-25(31)17-12-14-22(2)19-21/h5-15,17-19,23-26,28-29,31-32,34-35H,16,20H2,1-4H3,(H,30,33)/b6-5-,10-7-,13-8-,15-9-,17-12-,18-11-,21-19-,22-14-/t23-,24+,25+,26-,28-,29+/m1/s1. The molecule has 1 amide bonds. The van der Waals surface area contributed by atoms with Crippen LogP contribution < -0.4 is 5.32 Å². The van der Waals surface area contributed by atoms with Gasteiger partial charge in [0.1, 0.15) is 6.10 Å². The van der Waals surface area contributed by atoms with Crippen molar-refractivity contribution in [1.29, 1.82) is 0 Å². The maximum absolute atomic E-state index is 12.0. The number of carbonyl (C=O) groups excluding carboxylic acids is 1. The molecule has 0 saturated heterocycles. The summed E-state index contributed by atoms with van der Waals surface area (Å²) in [5, 5.41) is 44.0. The second-order valence-corrected chi connectivity index (χ2v) is 8.96. The minimum Gasteiger partial charge on any atom is -0.390 e. The summed E-state index contributed by atoms with van der Waals surface area (Å²) >= 11 is 0. The van der Waals surface area contributed by atoms with Gasteiger partial charge < -0.3 is 25.7 Å². The Balaban J connectivity index is 3.01. The van der Waals surface area contributed by atoms with Crippen LogP contribution in [0.25, 0.3) is 0 Å². The Labute approximate surface area is 209 Å². The number of hydrogen-bond acceptors (Lipinski definition) is 5. The van der Waals surface area contributed by atoms with Crippen molar-refractivity contribution in [3.05, 3.63) is 96.2 Å². The van der Waals surface area contributed by atoms with E-state index in [-0.39, 0.29) is 18.4 Å². The monoisotopic (exact) mass is 483 g/mol. The van der Waals surface area contributed by atoms with E-state index in [1.807, 2.05) is 57.2 Å². The first-order valence-electron chi connectivity index (χ1n) is 12.0. The lowest BCUT2D eigenvalue weighted by Crippen LogP contribution is -2.41. The van der Waals surface area contributed by atoms with E-state index in [1.165, 1.54) is 6.08 Å². The van der Waals surface area contributed by atoms with E-state index < -0.39 is 30.3 Å². The zero-order valence-corrected chi connectivity index (χ0v) is 21.2. The Morgan fingerprint density at radius 2 is 1.49 bits per heavy atom. The molecule has 0 fully saturated rings. The van der Waals surface area contributed by atoms with Gasteiger partial charge in [-0.1, -0.05) is 97.1 Å². The zero-order chi connectivity index (χ0) is 26.2. The van der Waals surface area contributed by atoms with E-state index in [4.69, 9.17) is 0 Å². The van der Waals surface area contributed by atoms with E-state index in [9.17, 15) is 25.2 Å². The van der Waals surface area contributed by atoms with E-state index in [0.29, 0.717) is 6.42 Å². The van der Waals surface area contributed by atoms with Crippen LogP contribution in [0, 0.1) is 5.92 Å². The number of nitrogens with one attached hydrogen (secondary N) is 1. The molecule has 1 aliphatic rings. The van der Waals surface area contributed by atoms with Crippen molar-refractivity contribution in [3.63, 3.8) is 0 Å². The summed E-state index contributed by atoms with van der Waals surface area (Å²) < 4.78 is 0. The van der Waals surface area contributed by atoms with Crippen molar-refractivity contribution < 1.29 is 25.2 Å². The Morgan fingerprint density at radius 3 is 2.23 bits per heavy atom. The van der Waals surface area contributed by atoms with Gasteiger partial charge in [-0.15, -0.1) is 0 Å². The molecule has 0 aromatic heterocycles. The molecule has 5 N–H and O–H groups in total. The summed E-state index contributed by atoms with van der Waals surface area (Å²) in [5.41, 5.74) is 2.03. The van der Waals surface area contributed by atoms with Crippen molar-refractivity contribution in [2.75, 3.05) is 0 Å². The predicted octanol–water partition coefficient (Wildman–Crippen LogP) is 3.59. The van der Waals surface area contributed by atoms with Crippen molar-refractivity contribution in [1.82, 2.24) is 5.32 Å². The van der Waals surface area contributed by atoms with Crippen LogP contribution >= 0.6 is 0 Å². The van der Waals surface area contributed by atoms with E-state index in [1.54, 1.807) is 49.5 Å². The van der Waals surface area contributed by atoms with E-state index in [0.717, 1.165) is 11.1 Å². The highest BCUT2D eigenvalue weighted by Crippen LogP contribution is 2.15. The molecule has 0 unspecified atom stereocenters. The Bertz CT molecular complexity index is 891. The fourth-order valence-electron chi connectivity index (χ4n) is 3.34. The third-order valence-corrected chi connectivity index (χ3v) is 5.39. The van der Waals surface area contributed by atoms with E-state index in [2.05, 4.69) is 5.32 Å². The molecular weight excluding hydrogens is 442 g/mol. The average molecular weight is 484 g/mol. The molecule has 35 heavy (non-hydrogen) atoms. The van der Waals surface area contributed by atoms with Crippen LogP contribution in [0.15, 0.2) is 96.2 Å². The van der Waals surface area contributed by atoms with Crippen LogP contribution in [0.3, 0.4) is 0 Å². The molecule has 1 heterocycles. The van der Waals surface area contributed by atoms with E-state index >= 15 is 0 Å². The first-order valence-corrected chi connectivity index (χ1v) is 12.0. The molecule has 0 bridgehead atoms. The molecule has 192 valence electrons. The highest BCUT2D eigenvalue weighted by Gasteiger charge is 2.28. The predicted molar refractivity (Wildman–Crippen MR) is 142 cm³/mol. The van der Waals surface area contributed by atoms with Crippen LogP contribution in [0.1, 0.15) is 40.5 Å².